The molecule has 0 heterocycles. The maximum atomic E-state index is 6.41. The number of rotatable bonds is 7. The van der Waals surface area contributed by atoms with E-state index in [1.54, 1.807) is 14.2 Å². The Bertz CT molecular complexity index is 511. The average Bonchev–Trinajstić information content (AvgIpc) is 2.55. The third-order valence-corrected chi connectivity index (χ3v) is 4.32. The molecule has 0 bridgehead atoms. The summed E-state index contributed by atoms with van der Waals surface area (Å²) in [4.78, 5) is 0. The number of methoxy groups -OCH3 is 2. The molecule has 2 aromatic carbocycles. The van der Waals surface area contributed by atoms with Crippen molar-refractivity contribution >= 4 is 11.6 Å². The number of hydrogen-bond donors (Lipinski definition) is 0. The first-order valence-electron chi connectivity index (χ1n) is 7.52. The molecular formula is C19H23ClO2. The van der Waals surface area contributed by atoms with E-state index in [-0.39, 0.29) is 5.38 Å². The van der Waals surface area contributed by atoms with E-state index in [1.807, 2.05) is 24.3 Å². The van der Waals surface area contributed by atoms with Crippen molar-refractivity contribution in [1.82, 2.24) is 0 Å². The number of halogens is 1. The monoisotopic (exact) mass is 318 g/mol. The van der Waals surface area contributed by atoms with Crippen LogP contribution in [0.2, 0.25) is 0 Å². The second-order valence-corrected chi connectivity index (χ2v) is 6.23. The average molecular weight is 319 g/mol. The Morgan fingerprint density at radius 3 is 1.41 bits per heavy atom. The highest BCUT2D eigenvalue weighted by molar-refractivity contribution is 6.20. The van der Waals surface area contributed by atoms with Gasteiger partial charge < -0.3 is 9.47 Å². The predicted octanol–water partition coefficient (Wildman–Crippen LogP) is 4.73. The molecule has 22 heavy (non-hydrogen) atoms. The lowest BCUT2D eigenvalue weighted by Gasteiger charge is -2.20. The number of ether oxygens (including phenoxy) is 2. The highest BCUT2D eigenvalue weighted by Gasteiger charge is 2.16. The summed E-state index contributed by atoms with van der Waals surface area (Å²) in [5.41, 5.74) is 2.57. The lowest BCUT2D eigenvalue weighted by atomic mass is 9.90. The van der Waals surface area contributed by atoms with Crippen LogP contribution in [0.3, 0.4) is 0 Å². The van der Waals surface area contributed by atoms with Crippen LogP contribution in [-0.2, 0) is 12.8 Å². The van der Waals surface area contributed by atoms with Gasteiger partial charge in [0.05, 0.1) is 14.2 Å². The summed E-state index contributed by atoms with van der Waals surface area (Å²) in [7, 11) is 3.37. The zero-order chi connectivity index (χ0) is 15.9. The third-order valence-electron chi connectivity index (χ3n) is 3.96. The van der Waals surface area contributed by atoms with Gasteiger partial charge in [0.1, 0.15) is 11.5 Å². The summed E-state index contributed by atoms with van der Waals surface area (Å²) in [5, 5.41) is 0.115. The van der Waals surface area contributed by atoms with Gasteiger partial charge in [-0.05, 0) is 61.1 Å². The smallest absolute Gasteiger partial charge is 0.118 e. The van der Waals surface area contributed by atoms with E-state index in [0.29, 0.717) is 5.92 Å². The van der Waals surface area contributed by atoms with Gasteiger partial charge in [-0.15, -0.1) is 11.6 Å². The molecule has 0 aliphatic rings. The Kier molecular flexibility index (Phi) is 6.14. The van der Waals surface area contributed by atoms with Crippen molar-refractivity contribution < 1.29 is 9.47 Å². The number of alkyl halides is 1. The second-order valence-electron chi connectivity index (χ2n) is 5.54. The highest BCUT2D eigenvalue weighted by Crippen LogP contribution is 2.24. The molecule has 0 aliphatic heterocycles. The maximum absolute atomic E-state index is 6.41. The van der Waals surface area contributed by atoms with Crippen LogP contribution in [0.4, 0.5) is 0 Å². The largest absolute Gasteiger partial charge is 0.497 e. The van der Waals surface area contributed by atoms with E-state index in [9.17, 15) is 0 Å². The van der Waals surface area contributed by atoms with Gasteiger partial charge in [-0.2, -0.15) is 0 Å². The van der Waals surface area contributed by atoms with Gasteiger partial charge in [0, 0.05) is 5.38 Å². The van der Waals surface area contributed by atoms with Gasteiger partial charge in [-0.1, -0.05) is 24.3 Å². The maximum Gasteiger partial charge on any atom is 0.118 e. The molecule has 0 aliphatic carbocycles. The standard InChI is InChI=1S/C19H23ClO2/c1-14(20)17(12-15-4-8-18(21-2)9-5-15)13-16-6-10-19(22-3)11-7-16/h4-11,14,17H,12-13H2,1-3H3. The van der Waals surface area contributed by atoms with E-state index < -0.39 is 0 Å². The number of benzene rings is 2. The molecule has 118 valence electrons. The van der Waals surface area contributed by atoms with Gasteiger partial charge in [0.15, 0.2) is 0 Å². The Labute approximate surface area is 138 Å². The zero-order valence-electron chi connectivity index (χ0n) is 13.4. The minimum Gasteiger partial charge on any atom is -0.497 e. The molecule has 0 amide bonds. The van der Waals surface area contributed by atoms with Crippen LogP contribution >= 0.6 is 11.6 Å². The van der Waals surface area contributed by atoms with Crippen LogP contribution in [0.5, 0.6) is 11.5 Å². The predicted molar refractivity (Wildman–Crippen MR) is 92.2 cm³/mol. The van der Waals surface area contributed by atoms with E-state index in [4.69, 9.17) is 21.1 Å². The molecule has 1 unspecified atom stereocenters. The van der Waals surface area contributed by atoms with Gasteiger partial charge in [0.25, 0.3) is 0 Å². The van der Waals surface area contributed by atoms with Crippen molar-refractivity contribution in [3.63, 3.8) is 0 Å². The Balaban J connectivity index is 2.05. The van der Waals surface area contributed by atoms with Crippen LogP contribution in [0, 0.1) is 5.92 Å². The fourth-order valence-electron chi connectivity index (χ4n) is 2.53. The van der Waals surface area contributed by atoms with Crippen LogP contribution < -0.4 is 9.47 Å². The summed E-state index contributed by atoms with van der Waals surface area (Å²) in [6.45, 7) is 2.07. The van der Waals surface area contributed by atoms with Crippen LogP contribution in [0.25, 0.3) is 0 Å². The second kappa shape index (κ2) is 8.09. The molecule has 0 spiro atoms. The summed E-state index contributed by atoms with van der Waals surface area (Å²) >= 11 is 6.41. The molecule has 0 radical (unpaired) electrons. The van der Waals surface area contributed by atoms with Crippen LogP contribution in [0.15, 0.2) is 48.5 Å². The molecule has 2 aromatic rings. The van der Waals surface area contributed by atoms with Crippen LogP contribution in [0.1, 0.15) is 18.1 Å². The van der Waals surface area contributed by atoms with E-state index in [1.165, 1.54) is 11.1 Å². The first-order chi connectivity index (χ1) is 10.6. The van der Waals surface area contributed by atoms with Gasteiger partial charge in [-0.3, -0.25) is 0 Å². The van der Waals surface area contributed by atoms with Crippen molar-refractivity contribution in [3.8, 4) is 11.5 Å². The first kappa shape index (κ1) is 16.7. The summed E-state index contributed by atoms with van der Waals surface area (Å²) in [6, 6.07) is 16.4. The lowest BCUT2D eigenvalue weighted by Crippen LogP contribution is -2.17. The molecule has 3 heteroatoms. The van der Waals surface area contributed by atoms with Crippen molar-refractivity contribution in [2.75, 3.05) is 14.2 Å². The van der Waals surface area contributed by atoms with Crippen molar-refractivity contribution in [1.29, 1.82) is 0 Å². The van der Waals surface area contributed by atoms with E-state index in [2.05, 4.69) is 31.2 Å². The minimum atomic E-state index is 0.115. The SMILES string of the molecule is COc1ccc(CC(Cc2ccc(OC)cc2)C(C)Cl)cc1. The van der Waals surface area contributed by atoms with E-state index in [0.717, 1.165) is 24.3 Å². The highest BCUT2D eigenvalue weighted by atomic mass is 35.5. The molecular weight excluding hydrogens is 296 g/mol. The number of hydrogen-bond acceptors (Lipinski definition) is 2. The quantitative estimate of drug-likeness (QED) is 0.687. The molecule has 0 saturated carbocycles. The van der Waals surface area contributed by atoms with Crippen molar-refractivity contribution in [2.24, 2.45) is 5.92 Å². The summed E-state index contributed by atoms with van der Waals surface area (Å²) in [6.07, 6.45) is 1.92. The van der Waals surface area contributed by atoms with Gasteiger partial charge in [0.2, 0.25) is 0 Å². The molecule has 2 nitrogen and oxygen atoms in total. The fraction of sp³-hybridized carbons (Fsp3) is 0.368. The van der Waals surface area contributed by atoms with Crippen LogP contribution in [-0.4, -0.2) is 19.6 Å². The Morgan fingerprint density at radius 2 is 1.14 bits per heavy atom. The third kappa shape index (κ3) is 4.67. The Hall–Kier alpha value is -1.67. The molecule has 0 fully saturated rings. The normalized spacial score (nSPS) is 12.2. The first-order valence-corrected chi connectivity index (χ1v) is 7.96. The summed E-state index contributed by atoms with van der Waals surface area (Å²) < 4.78 is 10.4. The molecule has 0 saturated heterocycles. The fourth-order valence-corrected chi connectivity index (χ4v) is 2.70. The lowest BCUT2D eigenvalue weighted by molar-refractivity contribution is 0.414. The Morgan fingerprint density at radius 1 is 0.773 bits per heavy atom. The minimum absolute atomic E-state index is 0.115. The van der Waals surface area contributed by atoms with Crippen molar-refractivity contribution in [2.45, 2.75) is 25.1 Å². The van der Waals surface area contributed by atoms with Crippen molar-refractivity contribution in [3.05, 3.63) is 59.7 Å². The van der Waals surface area contributed by atoms with E-state index >= 15 is 0 Å². The zero-order valence-corrected chi connectivity index (χ0v) is 14.1. The topological polar surface area (TPSA) is 18.5 Å². The molecule has 0 N–H and O–H groups in total. The van der Waals surface area contributed by atoms with Gasteiger partial charge in [-0.25, -0.2) is 0 Å². The summed E-state index contributed by atoms with van der Waals surface area (Å²) in [5.74, 6) is 2.16. The molecule has 1 atom stereocenters. The van der Waals surface area contributed by atoms with Gasteiger partial charge >= 0.3 is 0 Å². The molecule has 0 aromatic heterocycles. The molecule has 2 rings (SSSR count).